The van der Waals surface area contributed by atoms with Gasteiger partial charge in [0, 0.05) is 5.56 Å². The predicted molar refractivity (Wildman–Crippen MR) is 141 cm³/mol. The molecule has 2 amide bonds. The van der Waals surface area contributed by atoms with Crippen molar-refractivity contribution in [3.8, 4) is 22.6 Å². The number of nitrogens with zero attached hydrogens (tertiary/aromatic N) is 1. The molecule has 7 heteroatoms. The van der Waals surface area contributed by atoms with E-state index in [0.717, 1.165) is 0 Å². The Hall–Kier alpha value is -4.62. The maximum absolute atomic E-state index is 14.3. The first-order chi connectivity index (χ1) is 17.5. The minimum atomic E-state index is -0.596. The number of para-hydroxylation sites is 1. The molecular formula is C29H19FN2O3S. The van der Waals surface area contributed by atoms with Gasteiger partial charge in [0.05, 0.1) is 5.69 Å². The van der Waals surface area contributed by atoms with Crippen LogP contribution in [-0.2, 0) is 9.59 Å². The minimum Gasteiger partial charge on any atom is -0.457 e. The molecule has 1 heterocycles. The Labute approximate surface area is 212 Å². The van der Waals surface area contributed by atoms with Crippen molar-refractivity contribution in [1.29, 1.82) is 0 Å². The number of thiocarbonyl (C=S) groups is 1. The van der Waals surface area contributed by atoms with Crippen molar-refractivity contribution in [2.45, 2.75) is 0 Å². The first kappa shape index (κ1) is 23.1. The summed E-state index contributed by atoms with van der Waals surface area (Å²) in [6.45, 7) is 0. The fourth-order valence-electron chi connectivity index (χ4n) is 3.84. The summed E-state index contributed by atoms with van der Waals surface area (Å²) < 4.78 is 20.1. The van der Waals surface area contributed by atoms with Crippen molar-refractivity contribution < 1.29 is 18.7 Å². The van der Waals surface area contributed by atoms with Crippen molar-refractivity contribution in [3.63, 3.8) is 0 Å². The van der Waals surface area contributed by atoms with E-state index in [4.69, 9.17) is 17.0 Å². The third-order valence-electron chi connectivity index (χ3n) is 5.56. The van der Waals surface area contributed by atoms with E-state index < -0.39 is 11.8 Å². The molecule has 1 aliphatic heterocycles. The summed E-state index contributed by atoms with van der Waals surface area (Å²) in [5, 5.41) is 2.56. The Balaban J connectivity index is 1.42. The minimum absolute atomic E-state index is 0.0148. The molecule has 176 valence electrons. The van der Waals surface area contributed by atoms with Crippen LogP contribution in [-0.4, -0.2) is 16.9 Å². The van der Waals surface area contributed by atoms with E-state index >= 15 is 0 Å². The lowest BCUT2D eigenvalue weighted by Gasteiger charge is -2.29. The molecule has 0 atom stereocenters. The van der Waals surface area contributed by atoms with Gasteiger partial charge in [-0.1, -0.05) is 54.6 Å². The number of halogens is 1. The van der Waals surface area contributed by atoms with E-state index in [0.29, 0.717) is 33.9 Å². The summed E-state index contributed by atoms with van der Waals surface area (Å²) in [5.74, 6) is -0.238. The zero-order valence-electron chi connectivity index (χ0n) is 18.9. The second-order valence-corrected chi connectivity index (χ2v) is 8.36. The fraction of sp³-hybridized carbons (Fsp3) is 0. The van der Waals surface area contributed by atoms with Crippen LogP contribution in [0.4, 0.5) is 10.1 Å². The molecule has 1 N–H and O–H groups in total. The average molecular weight is 495 g/mol. The smallest absolute Gasteiger partial charge is 0.270 e. The Morgan fingerprint density at radius 1 is 0.806 bits per heavy atom. The van der Waals surface area contributed by atoms with Gasteiger partial charge in [0.15, 0.2) is 5.11 Å². The van der Waals surface area contributed by atoms with Crippen molar-refractivity contribution in [3.05, 3.63) is 120 Å². The highest BCUT2D eigenvalue weighted by Gasteiger charge is 2.34. The molecule has 5 nitrogen and oxygen atoms in total. The van der Waals surface area contributed by atoms with Gasteiger partial charge in [-0.25, -0.2) is 4.39 Å². The van der Waals surface area contributed by atoms with E-state index in [1.165, 1.54) is 17.0 Å². The number of amides is 2. The number of hydrogen-bond acceptors (Lipinski definition) is 4. The van der Waals surface area contributed by atoms with Crippen LogP contribution < -0.4 is 15.0 Å². The zero-order chi connectivity index (χ0) is 25.1. The van der Waals surface area contributed by atoms with Gasteiger partial charge in [0.2, 0.25) is 0 Å². The van der Waals surface area contributed by atoms with Gasteiger partial charge in [-0.3, -0.25) is 19.8 Å². The number of hydrogen-bond donors (Lipinski definition) is 1. The van der Waals surface area contributed by atoms with Crippen molar-refractivity contribution >= 4 is 40.9 Å². The van der Waals surface area contributed by atoms with Crippen LogP contribution in [0.15, 0.2) is 109 Å². The molecule has 0 aromatic heterocycles. The molecule has 0 unspecified atom stereocenters. The van der Waals surface area contributed by atoms with Crippen LogP contribution >= 0.6 is 12.2 Å². The lowest BCUT2D eigenvalue weighted by molar-refractivity contribution is -0.122. The topological polar surface area (TPSA) is 58.6 Å². The van der Waals surface area contributed by atoms with E-state index in [1.807, 2.05) is 30.3 Å². The number of rotatable bonds is 5. The van der Waals surface area contributed by atoms with E-state index in [2.05, 4.69) is 5.32 Å². The van der Waals surface area contributed by atoms with Crippen LogP contribution in [0.2, 0.25) is 0 Å². The summed E-state index contributed by atoms with van der Waals surface area (Å²) in [6, 6.07) is 29.5. The molecule has 4 aromatic carbocycles. The van der Waals surface area contributed by atoms with Crippen LogP contribution in [0.3, 0.4) is 0 Å². The number of anilines is 1. The molecule has 0 saturated carbocycles. The highest BCUT2D eigenvalue weighted by atomic mass is 32.1. The maximum atomic E-state index is 14.3. The third kappa shape index (κ3) is 4.78. The number of carbonyl (C=O) groups excluding carboxylic acids is 2. The highest BCUT2D eigenvalue weighted by Crippen LogP contribution is 2.28. The van der Waals surface area contributed by atoms with E-state index in [-0.39, 0.29) is 16.5 Å². The van der Waals surface area contributed by atoms with Crippen molar-refractivity contribution in [2.24, 2.45) is 0 Å². The molecule has 36 heavy (non-hydrogen) atoms. The number of carbonyl (C=O) groups is 2. The Kier molecular flexibility index (Phi) is 6.38. The predicted octanol–water partition coefficient (Wildman–Crippen LogP) is 6.12. The summed E-state index contributed by atoms with van der Waals surface area (Å²) in [6.07, 6.45) is 1.48. The van der Waals surface area contributed by atoms with Gasteiger partial charge in [-0.05, 0) is 78.0 Å². The van der Waals surface area contributed by atoms with Gasteiger partial charge in [-0.2, -0.15) is 0 Å². The third-order valence-corrected chi connectivity index (χ3v) is 5.84. The summed E-state index contributed by atoms with van der Waals surface area (Å²) in [7, 11) is 0. The standard InChI is InChI=1S/C29H19FN2O3S/c30-26-12-5-4-11-24(26)20-8-6-7-19(17-20)18-25-27(33)31-29(36)32(28(25)34)21-13-15-23(16-14-21)35-22-9-2-1-3-10-22/h1-18H,(H,31,33,36)/b25-18+. The number of benzene rings is 4. The second kappa shape index (κ2) is 9.93. The number of ether oxygens (including phenoxy) is 1. The molecule has 0 aliphatic carbocycles. The van der Waals surface area contributed by atoms with Gasteiger partial charge in [0.1, 0.15) is 22.9 Å². The molecule has 5 rings (SSSR count). The lowest BCUT2D eigenvalue weighted by atomic mass is 10.0. The molecule has 4 aromatic rings. The number of nitrogens with one attached hydrogen (secondary N) is 1. The quantitative estimate of drug-likeness (QED) is 0.206. The first-order valence-electron chi connectivity index (χ1n) is 11.1. The molecular weight excluding hydrogens is 475 g/mol. The van der Waals surface area contributed by atoms with Gasteiger partial charge in [0.25, 0.3) is 11.8 Å². The Morgan fingerprint density at radius 3 is 2.25 bits per heavy atom. The van der Waals surface area contributed by atoms with Crippen LogP contribution in [0.5, 0.6) is 11.5 Å². The molecule has 1 fully saturated rings. The van der Waals surface area contributed by atoms with Gasteiger partial charge >= 0.3 is 0 Å². The van der Waals surface area contributed by atoms with Crippen molar-refractivity contribution in [1.82, 2.24) is 5.32 Å². The Morgan fingerprint density at radius 2 is 1.50 bits per heavy atom. The van der Waals surface area contributed by atoms with Crippen LogP contribution in [0, 0.1) is 5.82 Å². The average Bonchev–Trinajstić information content (AvgIpc) is 2.88. The lowest BCUT2D eigenvalue weighted by Crippen LogP contribution is -2.54. The SMILES string of the molecule is O=C1NC(=S)N(c2ccc(Oc3ccccc3)cc2)C(=O)/C1=C/c1cccc(-c2ccccc2F)c1. The first-order valence-corrected chi connectivity index (χ1v) is 11.5. The normalized spacial score (nSPS) is 14.6. The van der Waals surface area contributed by atoms with E-state index in [9.17, 15) is 14.0 Å². The summed E-state index contributed by atoms with van der Waals surface area (Å²) in [4.78, 5) is 27.3. The molecule has 1 saturated heterocycles. The van der Waals surface area contributed by atoms with Crippen LogP contribution in [0.1, 0.15) is 5.56 Å². The van der Waals surface area contributed by atoms with Crippen LogP contribution in [0.25, 0.3) is 17.2 Å². The Bertz CT molecular complexity index is 1500. The highest BCUT2D eigenvalue weighted by molar-refractivity contribution is 7.80. The van der Waals surface area contributed by atoms with Gasteiger partial charge < -0.3 is 4.74 Å². The monoisotopic (exact) mass is 494 g/mol. The molecule has 0 bridgehead atoms. The zero-order valence-corrected chi connectivity index (χ0v) is 19.7. The summed E-state index contributed by atoms with van der Waals surface area (Å²) >= 11 is 5.29. The molecule has 1 aliphatic rings. The summed E-state index contributed by atoms with van der Waals surface area (Å²) in [5.41, 5.74) is 2.04. The molecule has 0 spiro atoms. The fourth-order valence-corrected chi connectivity index (χ4v) is 4.12. The largest absolute Gasteiger partial charge is 0.457 e. The van der Waals surface area contributed by atoms with E-state index in [1.54, 1.807) is 66.7 Å². The second-order valence-electron chi connectivity index (χ2n) is 7.97. The maximum Gasteiger partial charge on any atom is 0.270 e. The molecule has 0 radical (unpaired) electrons. The van der Waals surface area contributed by atoms with Gasteiger partial charge in [-0.15, -0.1) is 0 Å². The van der Waals surface area contributed by atoms with Crippen molar-refractivity contribution in [2.75, 3.05) is 4.90 Å².